The van der Waals surface area contributed by atoms with Gasteiger partial charge in [-0.2, -0.15) is 0 Å². The Morgan fingerprint density at radius 3 is 2.89 bits per heavy atom. The fraction of sp³-hybridized carbons (Fsp3) is 0.692. The monoisotopic (exact) mass is 248 g/mol. The first kappa shape index (κ1) is 11.9. The number of hydrogen-bond donors (Lipinski definition) is 1. The molecule has 0 saturated carbocycles. The molecule has 5 nitrogen and oxygen atoms in total. The van der Waals surface area contributed by atoms with Crippen molar-refractivity contribution in [3.05, 3.63) is 17.6 Å². The summed E-state index contributed by atoms with van der Waals surface area (Å²) in [7, 11) is 0. The maximum absolute atomic E-state index is 5.38. The van der Waals surface area contributed by atoms with Gasteiger partial charge in [0, 0.05) is 25.2 Å². The van der Waals surface area contributed by atoms with E-state index in [1.165, 1.54) is 12.8 Å². The highest BCUT2D eigenvalue weighted by atomic mass is 16.5. The number of morpholine rings is 1. The second-order valence-corrected chi connectivity index (χ2v) is 4.95. The Labute approximate surface area is 108 Å². The zero-order valence-electron chi connectivity index (χ0n) is 10.9. The van der Waals surface area contributed by atoms with E-state index in [0.717, 1.165) is 50.2 Å². The van der Waals surface area contributed by atoms with Crippen LogP contribution in [0.4, 0.5) is 5.82 Å². The van der Waals surface area contributed by atoms with Gasteiger partial charge in [-0.15, -0.1) is 0 Å². The number of aryl methyl sites for hydroxylation is 1. The number of aromatic nitrogens is 2. The predicted octanol–water partition coefficient (Wildman–Crippen LogP) is 1.05. The molecule has 0 aromatic carbocycles. The summed E-state index contributed by atoms with van der Waals surface area (Å²) in [4.78, 5) is 11.4. The predicted molar refractivity (Wildman–Crippen MR) is 69.8 cm³/mol. The van der Waals surface area contributed by atoms with Crippen molar-refractivity contribution < 1.29 is 4.74 Å². The Balaban J connectivity index is 1.84. The third-order valence-corrected chi connectivity index (χ3v) is 3.60. The fourth-order valence-electron chi connectivity index (χ4n) is 2.64. The number of ether oxygens (including phenoxy) is 1. The van der Waals surface area contributed by atoms with Crippen molar-refractivity contribution in [2.45, 2.75) is 25.8 Å². The van der Waals surface area contributed by atoms with Gasteiger partial charge in [-0.05, 0) is 26.3 Å². The van der Waals surface area contributed by atoms with Crippen LogP contribution < -0.4 is 10.2 Å². The lowest BCUT2D eigenvalue weighted by Gasteiger charge is -2.28. The smallest absolute Gasteiger partial charge is 0.132 e. The molecule has 0 aliphatic carbocycles. The Bertz CT molecular complexity index is 411. The maximum atomic E-state index is 5.38. The van der Waals surface area contributed by atoms with Crippen LogP contribution in [0.2, 0.25) is 0 Å². The maximum Gasteiger partial charge on any atom is 0.132 e. The van der Waals surface area contributed by atoms with Gasteiger partial charge in [-0.3, -0.25) is 0 Å². The van der Waals surface area contributed by atoms with Gasteiger partial charge in [0.15, 0.2) is 0 Å². The number of hydrogen-bond acceptors (Lipinski definition) is 5. The van der Waals surface area contributed by atoms with Crippen LogP contribution in [0.3, 0.4) is 0 Å². The summed E-state index contributed by atoms with van der Waals surface area (Å²) >= 11 is 0. The SMILES string of the molecule is Cc1nc([C@H]2CCCN2)cc(N2CCOCC2)n1. The molecule has 2 saturated heterocycles. The average Bonchev–Trinajstić information content (AvgIpc) is 2.93. The lowest BCUT2D eigenvalue weighted by atomic mass is 10.1. The molecule has 18 heavy (non-hydrogen) atoms. The molecule has 1 aromatic rings. The van der Waals surface area contributed by atoms with E-state index in [2.05, 4.69) is 26.3 Å². The lowest BCUT2D eigenvalue weighted by Crippen LogP contribution is -2.37. The molecule has 1 aromatic heterocycles. The highest BCUT2D eigenvalue weighted by molar-refractivity contribution is 5.41. The zero-order valence-corrected chi connectivity index (χ0v) is 10.9. The van der Waals surface area contributed by atoms with Crippen LogP contribution in [0, 0.1) is 6.92 Å². The zero-order chi connectivity index (χ0) is 12.4. The molecule has 1 N–H and O–H groups in total. The summed E-state index contributed by atoms with van der Waals surface area (Å²) in [5.74, 6) is 1.91. The largest absolute Gasteiger partial charge is 0.378 e. The van der Waals surface area contributed by atoms with Gasteiger partial charge in [0.2, 0.25) is 0 Å². The Hall–Kier alpha value is -1.20. The van der Waals surface area contributed by atoms with Gasteiger partial charge >= 0.3 is 0 Å². The average molecular weight is 248 g/mol. The van der Waals surface area contributed by atoms with E-state index in [1.54, 1.807) is 0 Å². The van der Waals surface area contributed by atoms with Crippen LogP contribution in [-0.2, 0) is 4.74 Å². The third kappa shape index (κ3) is 2.47. The van der Waals surface area contributed by atoms with E-state index in [1.807, 2.05) is 6.92 Å². The minimum Gasteiger partial charge on any atom is -0.378 e. The topological polar surface area (TPSA) is 50.3 Å². The molecule has 2 fully saturated rings. The first-order valence-electron chi connectivity index (χ1n) is 6.74. The van der Waals surface area contributed by atoms with Gasteiger partial charge in [-0.25, -0.2) is 9.97 Å². The van der Waals surface area contributed by atoms with E-state index in [4.69, 9.17) is 4.74 Å². The molecule has 0 spiro atoms. The van der Waals surface area contributed by atoms with Crippen LogP contribution in [0.5, 0.6) is 0 Å². The summed E-state index contributed by atoms with van der Waals surface area (Å²) in [5.41, 5.74) is 1.14. The molecule has 3 heterocycles. The highest BCUT2D eigenvalue weighted by Gasteiger charge is 2.20. The highest BCUT2D eigenvalue weighted by Crippen LogP contribution is 2.24. The van der Waals surface area contributed by atoms with Crippen LogP contribution >= 0.6 is 0 Å². The van der Waals surface area contributed by atoms with Gasteiger partial charge in [0.05, 0.1) is 18.9 Å². The summed E-state index contributed by atoms with van der Waals surface area (Å²) in [5, 5.41) is 3.50. The molecular weight excluding hydrogens is 228 g/mol. The number of nitrogens with zero attached hydrogens (tertiary/aromatic N) is 3. The number of anilines is 1. The molecule has 5 heteroatoms. The van der Waals surface area contributed by atoms with E-state index < -0.39 is 0 Å². The van der Waals surface area contributed by atoms with Crippen molar-refractivity contribution in [2.24, 2.45) is 0 Å². The fourth-order valence-corrected chi connectivity index (χ4v) is 2.64. The summed E-state index contributed by atoms with van der Waals surface area (Å²) in [6.07, 6.45) is 2.42. The normalized spacial score (nSPS) is 24.5. The van der Waals surface area contributed by atoms with Crippen molar-refractivity contribution in [2.75, 3.05) is 37.7 Å². The van der Waals surface area contributed by atoms with Crippen LogP contribution in [0.25, 0.3) is 0 Å². The van der Waals surface area contributed by atoms with Crippen LogP contribution in [0.15, 0.2) is 6.07 Å². The van der Waals surface area contributed by atoms with Crippen molar-refractivity contribution in [3.63, 3.8) is 0 Å². The first-order valence-corrected chi connectivity index (χ1v) is 6.74. The minimum absolute atomic E-state index is 0.409. The van der Waals surface area contributed by atoms with E-state index in [9.17, 15) is 0 Å². The second kappa shape index (κ2) is 5.20. The van der Waals surface area contributed by atoms with Crippen molar-refractivity contribution in [1.82, 2.24) is 15.3 Å². The molecule has 3 rings (SSSR count). The van der Waals surface area contributed by atoms with Gasteiger partial charge in [-0.1, -0.05) is 0 Å². The molecule has 0 unspecified atom stereocenters. The quantitative estimate of drug-likeness (QED) is 0.847. The van der Waals surface area contributed by atoms with Crippen molar-refractivity contribution in [3.8, 4) is 0 Å². The van der Waals surface area contributed by atoms with Gasteiger partial charge in [0.25, 0.3) is 0 Å². The van der Waals surface area contributed by atoms with Crippen molar-refractivity contribution in [1.29, 1.82) is 0 Å². The van der Waals surface area contributed by atoms with Crippen molar-refractivity contribution >= 4 is 5.82 Å². The Morgan fingerprint density at radius 2 is 2.17 bits per heavy atom. The second-order valence-electron chi connectivity index (χ2n) is 4.95. The molecule has 0 amide bonds. The standard InChI is InChI=1S/C13H20N4O/c1-10-15-12(11-3-2-4-14-11)9-13(16-10)17-5-7-18-8-6-17/h9,11,14H,2-8H2,1H3/t11-/m1/s1. The van der Waals surface area contributed by atoms with Crippen LogP contribution in [0.1, 0.15) is 30.4 Å². The van der Waals surface area contributed by atoms with E-state index >= 15 is 0 Å². The summed E-state index contributed by atoms with van der Waals surface area (Å²) in [6, 6.07) is 2.55. The Morgan fingerprint density at radius 1 is 1.33 bits per heavy atom. The number of rotatable bonds is 2. The van der Waals surface area contributed by atoms with E-state index in [0.29, 0.717) is 6.04 Å². The molecule has 98 valence electrons. The first-order chi connectivity index (χ1) is 8.83. The molecule has 0 radical (unpaired) electrons. The molecule has 0 bridgehead atoms. The third-order valence-electron chi connectivity index (χ3n) is 3.60. The minimum atomic E-state index is 0.409. The Kier molecular flexibility index (Phi) is 3.43. The van der Waals surface area contributed by atoms with E-state index in [-0.39, 0.29) is 0 Å². The van der Waals surface area contributed by atoms with Crippen LogP contribution in [-0.4, -0.2) is 42.8 Å². The summed E-state index contributed by atoms with van der Waals surface area (Å²) < 4.78 is 5.38. The molecule has 2 aliphatic rings. The molecular formula is C13H20N4O. The molecule has 2 aliphatic heterocycles. The number of nitrogens with one attached hydrogen (secondary N) is 1. The van der Waals surface area contributed by atoms with Gasteiger partial charge < -0.3 is 15.0 Å². The lowest BCUT2D eigenvalue weighted by molar-refractivity contribution is 0.122. The van der Waals surface area contributed by atoms with Gasteiger partial charge in [0.1, 0.15) is 11.6 Å². The molecule has 1 atom stereocenters. The summed E-state index contributed by atoms with van der Waals surface area (Å²) in [6.45, 7) is 6.51.